The lowest BCUT2D eigenvalue weighted by atomic mass is 9.96. The molecule has 0 aliphatic carbocycles. The summed E-state index contributed by atoms with van der Waals surface area (Å²) in [6.07, 6.45) is 2.87. The molecule has 1 unspecified atom stereocenters. The van der Waals surface area contributed by atoms with Gasteiger partial charge in [0.05, 0.1) is 6.61 Å². The van der Waals surface area contributed by atoms with E-state index in [9.17, 15) is 9.59 Å². The molecule has 4 aliphatic rings. The van der Waals surface area contributed by atoms with Crippen molar-refractivity contribution in [3.63, 3.8) is 0 Å². The van der Waals surface area contributed by atoms with Gasteiger partial charge in [0.1, 0.15) is 29.7 Å². The van der Waals surface area contributed by atoms with E-state index in [1.54, 1.807) is 37.4 Å². The van der Waals surface area contributed by atoms with Gasteiger partial charge in [-0.2, -0.15) is 4.98 Å². The Morgan fingerprint density at radius 2 is 1.93 bits per heavy atom. The normalized spacial score (nSPS) is 32.3. The number of hydrogen-bond acceptors (Lipinski definition) is 8. The lowest BCUT2D eigenvalue weighted by molar-refractivity contribution is -0.175. The third kappa shape index (κ3) is 4.63. The molecule has 0 radical (unpaired) electrons. The Morgan fingerprint density at radius 3 is 2.68 bits per heavy atom. The van der Waals surface area contributed by atoms with Crippen LogP contribution < -0.4 is 11.0 Å². The molecule has 2 bridgehead atoms. The Morgan fingerprint density at radius 1 is 1.17 bits per heavy atom. The molecule has 1 N–H and O–H groups in total. The summed E-state index contributed by atoms with van der Waals surface area (Å²) in [6, 6.07) is 19.4. The molecule has 214 valence electrons. The smallest absolute Gasteiger partial charge is 0.351 e. The van der Waals surface area contributed by atoms with E-state index in [2.05, 4.69) is 27.1 Å². The number of ether oxygens (including phenoxy) is 2. The number of anilines is 1. The van der Waals surface area contributed by atoms with Gasteiger partial charge in [-0.1, -0.05) is 55.5 Å². The van der Waals surface area contributed by atoms with Crippen molar-refractivity contribution in [3.8, 4) is 0 Å². The van der Waals surface area contributed by atoms with Crippen LogP contribution in [0.25, 0.3) is 0 Å². The second-order valence-electron chi connectivity index (χ2n) is 11.1. The number of nitrogens with zero attached hydrogens (tertiary/aromatic N) is 3. The first-order valence-electron chi connectivity index (χ1n) is 14.2. The van der Waals surface area contributed by atoms with E-state index in [4.69, 9.17) is 18.5 Å². The third-order valence-corrected chi connectivity index (χ3v) is 10.3. The zero-order chi connectivity index (χ0) is 28.1. The SMILES string of the molecule is CC[C@]12CO[C@@H](C1O[P@@]1O[C@H](c3ccccc3)[C@@H]3CCCN31)[C@H](n1cc(C)c(NC(=O)c3ccccc3)nc1=O)O2. The standard InChI is InChI=1S/C30H33N4O6P/c1-3-30-18-37-24(25(30)40-41-34-16-10-15-22(34)23(39-41)20-11-6-4-7-12-20)28(38-30)33-17-19(2)26(32-29(33)36)31-27(35)21-13-8-5-9-14-21/h4-9,11-14,17,22-25,28H,3,10,15-16,18H2,1-2H3,(H,31,32,35,36)/t22-,23+,24-,25?,28+,30-,41+/m0/s1. The van der Waals surface area contributed by atoms with Gasteiger partial charge in [-0.15, -0.1) is 0 Å². The maximum atomic E-state index is 13.3. The monoisotopic (exact) mass is 576 g/mol. The first-order valence-corrected chi connectivity index (χ1v) is 15.3. The topological polar surface area (TPSA) is 104 Å². The van der Waals surface area contributed by atoms with Gasteiger partial charge < -0.3 is 23.8 Å². The maximum absolute atomic E-state index is 13.3. The van der Waals surface area contributed by atoms with Crippen LogP contribution in [0.15, 0.2) is 71.7 Å². The third-order valence-electron chi connectivity index (χ3n) is 8.61. The molecule has 7 rings (SSSR count). The maximum Gasteiger partial charge on any atom is 0.351 e. The van der Waals surface area contributed by atoms with E-state index in [0.29, 0.717) is 24.2 Å². The van der Waals surface area contributed by atoms with Gasteiger partial charge in [0, 0.05) is 29.9 Å². The molecule has 1 amide bonds. The highest BCUT2D eigenvalue weighted by molar-refractivity contribution is 7.45. The molecule has 7 atom stereocenters. The van der Waals surface area contributed by atoms with Gasteiger partial charge in [-0.25, -0.2) is 9.46 Å². The van der Waals surface area contributed by atoms with E-state index in [0.717, 1.165) is 24.9 Å². The van der Waals surface area contributed by atoms with E-state index >= 15 is 0 Å². The van der Waals surface area contributed by atoms with Crippen molar-refractivity contribution in [2.75, 3.05) is 18.5 Å². The minimum atomic E-state index is -1.33. The summed E-state index contributed by atoms with van der Waals surface area (Å²) >= 11 is 0. The second-order valence-corrected chi connectivity index (χ2v) is 12.5. The van der Waals surface area contributed by atoms with Crippen LogP contribution in [-0.2, 0) is 18.5 Å². The minimum absolute atomic E-state index is 0.0350. The number of rotatable bonds is 7. The molecule has 3 aromatic rings. The molecule has 11 heteroatoms. The summed E-state index contributed by atoms with van der Waals surface area (Å²) in [4.78, 5) is 30.1. The number of amides is 1. The summed E-state index contributed by atoms with van der Waals surface area (Å²) in [5, 5.41) is 2.75. The molecule has 1 aromatic heterocycles. The molecule has 4 aliphatic heterocycles. The van der Waals surface area contributed by atoms with Crippen LogP contribution in [0.1, 0.15) is 60.0 Å². The Balaban J connectivity index is 1.12. The zero-order valence-electron chi connectivity index (χ0n) is 23.0. The van der Waals surface area contributed by atoms with Crippen LogP contribution in [0.3, 0.4) is 0 Å². The molecule has 41 heavy (non-hydrogen) atoms. The number of fused-ring (bicyclic) bond motifs is 3. The number of aryl methyl sites for hydroxylation is 1. The van der Waals surface area contributed by atoms with Crippen molar-refractivity contribution < 1.29 is 23.3 Å². The first-order chi connectivity index (χ1) is 20.0. The second kappa shape index (κ2) is 10.7. The molecule has 2 aromatic carbocycles. The van der Waals surface area contributed by atoms with Crippen LogP contribution in [0.5, 0.6) is 0 Å². The first kappa shape index (κ1) is 26.9. The number of carbonyl (C=O) groups excluding carboxylic acids is 1. The average Bonchev–Trinajstić information content (AvgIpc) is 3.76. The van der Waals surface area contributed by atoms with Gasteiger partial charge in [-0.05, 0) is 43.9 Å². The summed E-state index contributed by atoms with van der Waals surface area (Å²) in [7, 11) is -1.33. The Hall–Kier alpha value is -2.98. The number of carbonyl (C=O) groups is 1. The number of hydrogen-bond donors (Lipinski definition) is 1. The van der Waals surface area contributed by atoms with Crippen LogP contribution in [-0.4, -0.2) is 57.1 Å². The fraction of sp³-hybridized carbons (Fsp3) is 0.433. The van der Waals surface area contributed by atoms with E-state index < -0.39 is 38.3 Å². The van der Waals surface area contributed by atoms with Gasteiger partial charge in [0.2, 0.25) is 0 Å². The Kier molecular flexibility index (Phi) is 7.01. The molecular formula is C30H33N4O6P. The van der Waals surface area contributed by atoms with E-state index in [-0.39, 0.29) is 23.9 Å². The molecule has 4 fully saturated rings. The quantitative estimate of drug-likeness (QED) is 0.403. The molecule has 0 saturated carbocycles. The summed E-state index contributed by atoms with van der Waals surface area (Å²) < 4.78 is 30.0. The predicted molar refractivity (Wildman–Crippen MR) is 152 cm³/mol. The molecule has 10 nitrogen and oxygen atoms in total. The average molecular weight is 577 g/mol. The van der Waals surface area contributed by atoms with Gasteiger partial charge in [0.25, 0.3) is 14.4 Å². The van der Waals surface area contributed by atoms with E-state index in [1.165, 1.54) is 4.57 Å². The lowest BCUT2D eigenvalue weighted by Gasteiger charge is -2.31. The van der Waals surface area contributed by atoms with Crippen molar-refractivity contribution in [2.45, 2.75) is 69.3 Å². The fourth-order valence-corrected chi connectivity index (χ4v) is 8.41. The largest absolute Gasteiger partial charge is 0.368 e. The molecule has 4 saturated heterocycles. The minimum Gasteiger partial charge on any atom is -0.368 e. The van der Waals surface area contributed by atoms with Gasteiger partial charge >= 0.3 is 5.69 Å². The molecule has 0 spiro atoms. The summed E-state index contributed by atoms with van der Waals surface area (Å²) in [5.41, 5.74) is 1.05. The zero-order valence-corrected chi connectivity index (χ0v) is 23.9. The highest BCUT2D eigenvalue weighted by Crippen LogP contribution is 2.63. The van der Waals surface area contributed by atoms with Gasteiger partial charge in [-0.3, -0.25) is 9.36 Å². The highest BCUT2D eigenvalue weighted by atomic mass is 31.2. The Labute approximate surface area is 239 Å². The van der Waals surface area contributed by atoms with Gasteiger partial charge in [0.15, 0.2) is 6.23 Å². The van der Waals surface area contributed by atoms with Crippen LogP contribution >= 0.6 is 8.53 Å². The van der Waals surface area contributed by atoms with Crippen molar-refractivity contribution in [2.24, 2.45) is 0 Å². The Bertz CT molecular complexity index is 1490. The summed E-state index contributed by atoms with van der Waals surface area (Å²) in [6.45, 7) is 5.16. The highest BCUT2D eigenvalue weighted by Gasteiger charge is 2.64. The van der Waals surface area contributed by atoms with Crippen LogP contribution in [0.4, 0.5) is 5.82 Å². The predicted octanol–water partition coefficient (Wildman–Crippen LogP) is 4.73. The molecule has 5 heterocycles. The lowest BCUT2D eigenvalue weighted by Crippen LogP contribution is -2.41. The fourth-order valence-electron chi connectivity index (χ4n) is 6.37. The molecular weight excluding hydrogens is 543 g/mol. The number of nitrogens with one attached hydrogen (secondary N) is 1. The summed E-state index contributed by atoms with van der Waals surface area (Å²) in [5.74, 6) is -0.110. The van der Waals surface area contributed by atoms with E-state index in [1.807, 2.05) is 31.2 Å². The number of aromatic nitrogens is 2. The van der Waals surface area contributed by atoms with Crippen molar-refractivity contribution in [3.05, 3.63) is 94.0 Å². The van der Waals surface area contributed by atoms with Crippen LogP contribution in [0, 0.1) is 6.92 Å². The van der Waals surface area contributed by atoms with Crippen molar-refractivity contribution in [1.29, 1.82) is 0 Å². The van der Waals surface area contributed by atoms with Crippen molar-refractivity contribution >= 4 is 20.3 Å². The van der Waals surface area contributed by atoms with Crippen molar-refractivity contribution in [1.82, 2.24) is 14.2 Å². The number of benzene rings is 2. The van der Waals surface area contributed by atoms with Crippen LogP contribution in [0.2, 0.25) is 0 Å².